The summed E-state index contributed by atoms with van der Waals surface area (Å²) in [6.07, 6.45) is 1.55. The highest BCUT2D eigenvalue weighted by atomic mass is 32.1. The summed E-state index contributed by atoms with van der Waals surface area (Å²) in [6.45, 7) is 3.61. The van der Waals surface area contributed by atoms with Gasteiger partial charge < -0.3 is 19.5 Å². The van der Waals surface area contributed by atoms with Gasteiger partial charge in [0.25, 0.3) is 5.56 Å². The topological polar surface area (TPSA) is 91.2 Å². The van der Waals surface area contributed by atoms with Crippen molar-refractivity contribution in [3.05, 3.63) is 84.8 Å². The second-order valence-corrected chi connectivity index (χ2v) is 8.58. The zero-order chi connectivity index (χ0) is 25.1. The molecule has 1 atom stereocenters. The van der Waals surface area contributed by atoms with E-state index >= 15 is 0 Å². The number of benzene rings is 2. The van der Waals surface area contributed by atoms with Crippen LogP contribution >= 0.6 is 11.3 Å². The molecule has 1 aliphatic heterocycles. The van der Waals surface area contributed by atoms with E-state index in [2.05, 4.69) is 10.3 Å². The predicted molar refractivity (Wildman–Crippen MR) is 131 cm³/mol. The Kier molecular flexibility index (Phi) is 7.02. The number of nitrogens with one attached hydrogen (secondary N) is 1. The van der Waals surface area contributed by atoms with Crippen molar-refractivity contribution in [3.63, 3.8) is 0 Å². The number of ether oxygens (including phenoxy) is 3. The molecule has 0 spiro atoms. The van der Waals surface area contributed by atoms with E-state index < -0.39 is 12.0 Å². The second kappa shape index (κ2) is 10.1. The van der Waals surface area contributed by atoms with Crippen molar-refractivity contribution < 1.29 is 23.4 Å². The SMILES string of the molecule is CCOC(=O)C1=C(C)N=c2s/c(=C\Nc3ccc(F)cc3)c(=O)n2[C@@H]1c1ccc(OC)c(OC)c1. The summed E-state index contributed by atoms with van der Waals surface area (Å²) in [7, 11) is 3.05. The molecule has 0 fully saturated rings. The van der Waals surface area contributed by atoms with Crippen LogP contribution < -0.4 is 29.7 Å². The third-order valence-electron chi connectivity index (χ3n) is 5.45. The van der Waals surface area contributed by atoms with Gasteiger partial charge in [-0.15, -0.1) is 0 Å². The van der Waals surface area contributed by atoms with Gasteiger partial charge in [-0.25, -0.2) is 14.2 Å². The molecule has 0 bridgehead atoms. The number of hydrogen-bond donors (Lipinski definition) is 1. The molecule has 0 saturated heterocycles. The van der Waals surface area contributed by atoms with Crippen molar-refractivity contribution in [2.75, 3.05) is 26.1 Å². The van der Waals surface area contributed by atoms with Gasteiger partial charge in [0, 0.05) is 11.9 Å². The number of fused-ring (bicyclic) bond motifs is 1. The lowest BCUT2D eigenvalue weighted by atomic mass is 9.95. The maximum Gasteiger partial charge on any atom is 0.338 e. The lowest BCUT2D eigenvalue weighted by molar-refractivity contribution is -0.139. The van der Waals surface area contributed by atoms with E-state index in [9.17, 15) is 14.0 Å². The van der Waals surface area contributed by atoms with Crippen LogP contribution in [0, 0.1) is 5.82 Å². The number of thiazole rings is 1. The minimum absolute atomic E-state index is 0.181. The van der Waals surface area contributed by atoms with Gasteiger partial charge in [-0.05, 0) is 55.8 Å². The fourth-order valence-electron chi connectivity index (χ4n) is 3.82. The molecule has 0 saturated carbocycles. The number of nitrogens with zero attached hydrogens (tertiary/aromatic N) is 2. The zero-order valence-corrected chi connectivity index (χ0v) is 20.4. The third kappa shape index (κ3) is 4.69. The fourth-order valence-corrected chi connectivity index (χ4v) is 4.79. The van der Waals surface area contributed by atoms with Crippen LogP contribution in [-0.4, -0.2) is 31.4 Å². The number of anilines is 1. The van der Waals surface area contributed by atoms with Gasteiger partial charge >= 0.3 is 5.97 Å². The van der Waals surface area contributed by atoms with Crippen molar-refractivity contribution >= 4 is 29.2 Å². The maximum absolute atomic E-state index is 13.5. The van der Waals surface area contributed by atoms with Crippen LogP contribution in [0.4, 0.5) is 10.1 Å². The van der Waals surface area contributed by atoms with E-state index in [0.717, 1.165) is 0 Å². The van der Waals surface area contributed by atoms with Crippen LogP contribution in [0.1, 0.15) is 25.5 Å². The van der Waals surface area contributed by atoms with Gasteiger partial charge in [-0.2, -0.15) is 0 Å². The van der Waals surface area contributed by atoms with Crippen LogP contribution in [0.25, 0.3) is 6.20 Å². The zero-order valence-electron chi connectivity index (χ0n) is 19.6. The van der Waals surface area contributed by atoms with Gasteiger partial charge in [0.1, 0.15) is 10.3 Å². The molecule has 0 unspecified atom stereocenters. The summed E-state index contributed by atoms with van der Waals surface area (Å²) in [5.74, 6) is 0.0765. The van der Waals surface area contributed by atoms with Gasteiger partial charge in [0.05, 0.1) is 38.1 Å². The number of esters is 1. The van der Waals surface area contributed by atoms with E-state index in [1.165, 1.54) is 42.3 Å². The number of aromatic nitrogens is 1. The highest BCUT2D eigenvalue weighted by molar-refractivity contribution is 7.07. The van der Waals surface area contributed by atoms with Crippen LogP contribution in [0.5, 0.6) is 11.5 Å². The first-order valence-corrected chi connectivity index (χ1v) is 11.6. The minimum atomic E-state index is -0.780. The Bertz CT molecular complexity index is 1470. The van der Waals surface area contributed by atoms with Crippen molar-refractivity contribution in [3.8, 4) is 11.5 Å². The molecule has 4 rings (SSSR count). The standard InChI is InChI=1S/C25H24FN3O5S/c1-5-34-24(31)21-14(2)28-25-29(22(21)15-6-11-18(32-3)19(12-15)33-4)23(30)20(35-25)13-27-17-9-7-16(26)8-10-17/h6-13,22,27H,5H2,1-4H3/b20-13-/t22-/m1/s1. The molecule has 182 valence electrons. The molecule has 1 N–H and O–H groups in total. The van der Waals surface area contributed by atoms with Crippen LogP contribution in [-0.2, 0) is 9.53 Å². The predicted octanol–water partition coefficient (Wildman–Crippen LogP) is 2.98. The first kappa shape index (κ1) is 24.2. The minimum Gasteiger partial charge on any atom is -0.493 e. The molecule has 0 amide bonds. The largest absolute Gasteiger partial charge is 0.493 e. The molecule has 0 radical (unpaired) electrons. The fraction of sp³-hybridized carbons (Fsp3) is 0.240. The molecule has 2 aromatic carbocycles. The average Bonchev–Trinajstić information content (AvgIpc) is 3.17. The van der Waals surface area contributed by atoms with E-state index in [-0.39, 0.29) is 23.6 Å². The molecule has 35 heavy (non-hydrogen) atoms. The number of carbonyl (C=O) groups excluding carboxylic acids is 1. The molecule has 10 heteroatoms. The van der Waals surface area contributed by atoms with Crippen molar-refractivity contribution in [2.45, 2.75) is 19.9 Å². The second-order valence-electron chi connectivity index (χ2n) is 7.57. The van der Waals surface area contributed by atoms with Gasteiger partial charge in [0.2, 0.25) is 0 Å². The summed E-state index contributed by atoms with van der Waals surface area (Å²) in [5, 5.41) is 3.01. The van der Waals surface area contributed by atoms with E-state index in [1.54, 1.807) is 50.4 Å². The molecule has 3 aromatic rings. The van der Waals surface area contributed by atoms with Crippen LogP contribution in [0.15, 0.2) is 63.5 Å². The highest BCUT2D eigenvalue weighted by Gasteiger charge is 2.33. The lowest BCUT2D eigenvalue weighted by Gasteiger charge is -2.25. The Hall–Kier alpha value is -3.92. The number of hydrogen-bond acceptors (Lipinski definition) is 8. The Labute approximate surface area is 204 Å². The molecule has 2 heterocycles. The first-order valence-electron chi connectivity index (χ1n) is 10.8. The summed E-state index contributed by atoms with van der Waals surface area (Å²) >= 11 is 1.18. The van der Waals surface area contributed by atoms with Gasteiger partial charge in [0.15, 0.2) is 16.3 Å². The lowest BCUT2D eigenvalue weighted by Crippen LogP contribution is -2.40. The average molecular weight is 498 g/mol. The number of carbonyl (C=O) groups is 1. The third-order valence-corrected chi connectivity index (χ3v) is 6.44. The normalized spacial score (nSPS) is 15.3. The molecule has 8 nitrogen and oxygen atoms in total. The molecular formula is C25H24FN3O5S. The Morgan fingerprint density at radius 1 is 1.17 bits per heavy atom. The summed E-state index contributed by atoms with van der Waals surface area (Å²) in [6, 6.07) is 10.2. The number of allylic oxidation sites excluding steroid dienone is 1. The Morgan fingerprint density at radius 2 is 1.89 bits per heavy atom. The number of methoxy groups -OCH3 is 2. The van der Waals surface area contributed by atoms with Crippen LogP contribution in [0.2, 0.25) is 0 Å². The maximum atomic E-state index is 13.5. The first-order chi connectivity index (χ1) is 16.9. The van der Waals surface area contributed by atoms with Crippen molar-refractivity contribution in [1.82, 2.24) is 4.57 Å². The van der Waals surface area contributed by atoms with E-state index in [4.69, 9.17) is 14.2 Å². The molecule has 1 aromatic heterocycles. The van der Waals surface area contributed by atoms with Crippen molar-refractivity contribution in [1.29, 1.82) is 0 Å². The smallest absolute Gasteiger partial charge is 0.338 e. The Balaban J connectivity index is 1.88. The van der Waals surface area contributed by atoms with Crippen LogP contribution in [0.3, 0.4) is 0 Å². The number of halogens is 1. The summed E-state index contributed by atoms with van der Waals surface area (Å²) in [4.78, 5) is 31.5. The molecule has 0 aliphatic carbocycles. The van der Waals surface area contributed by atoms with E-state index in [1.807, 2.05) is 0 Å². The molecular weight excluding hydrogens is 473 g/mol. The van der Waals surface area contributed by atoms with E-state index in [0.29, 0.717) is 37.8 Å². The van der Waals surface area contributed by atoms with Gasteiger partial charge in [-0.3, -0.25) is 9.36 Å². The quantitative estimate of drug-likeness (QED) is 0.505. The van der Waals surface area contributed by atoms with Crippen molar-refractivity contribution in [2.24, 2.45) is 4.99 Å². The highest BCUT2D eigenvalue weighted by Crippen LogP contribution is 2.36. The van der Waals surface area contributed by atoms with Gasteiger partial charge in [-0.1, -0.05) is 17.4 Å². The Morgan fingerprint density at radius 3 is 2.54 bits per heavy atom. The monoisotopic (exact) mass is 497 g/mol. The summed E-state index contributed by atoms with van der Waals surface area (Å²) in [5.41, 5.74) is 1.65. The summed E-state index contributed by atoms with van der Waals surface area (Å²) < 4.78 is 31.2. The molecule has 1 aliphatic rings. The number of rotatable bonds is 7.